The highest BCUT2D eigenvalue weighted by Gasteiger charge is 2.34. The van der Waals surface area contributed by atoms with Crippen molar-refractivity contribution in [1.82, 2.24) is 14.9 Å². The summed E-state index contributed by atoms with van der Waals surface area (Å²) in [6.45, 7) is 6.12. The van der Waals surface area contributed by atoms with E-state index in [4.69, 9.17) is 5.11 Å². The average Bonchev–Trinajstić information content (AvgIpc) is 2.22. The van der Waals surface area contributed by atoms with Crippen molar-refractivity contribution in [2.45, 2.75) is 20.4 Å². The number of nitrogens with zero attached hydrogens (tertiary/aromatic N) is 3. The zero-order valence-corrected chi connectivity index (χ0v) is 10.1. The fourth-order valence-corrected chi connectivity index (χ4v) is 2.08. The molecule has 5 nitrogen and oxygen atoms in total. The van der Waals surface area contributed by atoms with Gasteiger partial charge in [0.1, 0.15) is 5.82 Å². The van der Waals surface area contributed by atoms with Crippen LogP contribution in [0.2, 0.25) is 0 Å². The van der Waals surface area contributed by atoms with Crippen LogP contribution in [0.3, 0.4) is 0 Å². The van der Waals surface area contributed by atoms with E-state index in [9.17, 15) is 4.79 Å². The van der Waals surface area contributed by atoms with Crippen LogP contribution in [0.1, 0.15) is 18.4 Å². The number of aryl methyl sites for hydroxylation is 1. The minimum Gasteiger partial charge on any atom is -0.481 e. The Morgan fingerprint density at radius 3 is 2.94 bits per heavy atom. The predicted molar refractivity (Wildman–Crippen MR) is 62.3 cm³/mol. The molecule has 1 aromatic rings. The predicted octanol–water partition coefficient (Wildman–Crippen LogP) is 0.938. The van der Waals surface area contributed by atoms with Crippen molar-refractivity contribution in [2.75, 3.05) is 13.1 Å². The lowest BCUT2D eigenvalue weighted by atomic mass is 9.87. The first-order chi connectivity index (χ1) is 8.06. The Kier molecular flexibility index (Phi) is 3.38. The van der Waals surface area contributed by atoms with E-state index >= 15 is 0 Å². The summed E-state index contributed by atoms with van der Waals surface area (Å²) >= 11 is 0. The van der Waals surface area contributed by atoms with E-state index in [1.165, 1.54) is 0 Å². The molecule has 92 valence electrons. The molecule has 1 N–H and O–H groups in total. The van der Waals surface area contributed by atoms with Gasteiger partial charge in [0.15, 0.2) is 0 Å². The van der Waals surface area contributed by atoms with E-state index in [1.807, 2.05) is 13.0 Å². The molecule has 2 rings (SSSR count). The molecule has 0 radical (unpaired) electrons. The van der Waals surface area contributed by atoms with Gasteiger partial charge in [-0.25, -0.2) is 9.97 Å². The summed E-state index contributed by atoms with van der Waals surface area (Å²) in [6, 6.07) is 1.90. The van der Waals surface area contributed by atoms with Crippen LogP contribution in [0, 0.1) is 18.8 Å². The second kappa shape index (κ2) is 4.79. The van der Waals surface area contributed by atoms with Gasteiger partial charge in [-0.05, 0) is 18.9 Å². The first-order valence-electron chi connectivity index (χ1n) is 5.80. The van der Waals surface area contributed by atoms with Crippen molar-refractivity contribution >= 4 is 5.97 Å². The molecule has 1 aromatic heterocycles. The number of carboxylic acid groups (broad SMARTS) is 1. The normalized spacial score (nSPS) is 18.7. The third kappa shape index (κ3) is 2.79. The van der Waals surface area contributed by atoms with Gasteiger partial charge in [-0.3, -0.25) is 9.69 Å². The quantitative estimate of drug-likeness (QED) is 0.841. The SMILES string of the molecule is Cc1nccc(CN2CC(C(C)C(=O)O)C2)n1. The van der Waals surface area contributed by atoms with Gasteiger partial charge in [0.25, 0.3) is 0 Å². The standard InChI is InChI=1S/C12H17N3O2/c1-8(12(16)17)10-5-15(6-10)7-11-3-4-13-9(2)14-11/h3-4,8,10H,5-7H2,1-2H3,(H,16,17). The van der Waals surface area contributed by atoms with Gasteiger partial charge in [-0.1, -0.05) is 6.92 Å². The molecule has 1 aliphatic heterocycles. The third-order valence-corrected chi connectivity index (χ3v) is 3.30. The summed E-state index contributed by atoms with van der Waals surface area (Å²) in [6.07, 6.45) is 1.76. The smallest absolute Gasteiger partial charge is 0.306 e. The summed E-state index contributed by atoms with van der Waals surface area (Å²) in [5, 5.41) is 8.89. The number of carboxylic acids is 1. The van der Waals surface area contributed by atoms with Gasteiger partial charge < -0.3 is 5.11 Å². The lowest BCUT2D eigenvalue weighted by molar-refractivity contribution is -0.145. The third-order valence-electron chi connectivity index (χ3n) is 3.30. The molecule has 1 aliphatic rings. The maximum atomic E-state index is 10.8. The Morgan fingerprint density at radius 2 is 2.35 bits per heavy atom. The Bertz CT molecular complexity index is 416. The van der Waals surface area contributed by atoms with Crippen LogP contribution in [-0.2, 0) is 11.3 Å². The Balaban J connectivity index is 1.83. The number of carbonyl (C=O) groups is 1. The maximum Gasteiger partial charge on any atom is 0.306 e. The molecule has 0 aliphatic carbocycles. The highest BCUT2D eigenvalue weighted by atomic mass is 16.4. The zero-order chi connectivity index (χ0) is 12.4. The molecular formula is C12H17N3O2. The molecule has 17 heavy (non-hydrogen) atoms. The van der Waals surface area contributed by atoms with Gasteiger partial charge in [-0.2, -0.15) is 0 Å². The van der Waals surface area contributed by atoms with Crippen LogP contribution >= 0.6 is 0 Å². The summed E-state index contributed by atoms with van der Waals surface area (Å²) in [4.78, 5) is 21.4. The molecule has 1 saturated heterocycles. The van der Waals surface area contributed by atoms with E-state index in [1.54, 1.807) is 13.1 Å². The zero-order valence-electron chi connectivity index (χ0n) is 10.1. The molecular weight excluding hydrogens is 218 g/mol. The number of rotatable bonds is 4. The van der Waals surface area contributed by atoms with Crippen LogP contribution in [0.15, 0.2) is 12.3 Å². The Labute approximate surface area is 100 Å². The first kappa shape index (κ1) is 12.0. The highest BCUT2D eigenvalue weighted by molar-refractivity contribution is 5.70. The van der Waals surface area contributed by atoms with Gasteiger partial charge in [0, 0.05) is 25.8 Å². The van der Waals surface area contributed by atoms with Gasteiger partial charge >= 0.3 is 5.97 Å². The van der Waals surface area contributed by atoms with Crippen molar-refractivity contribution in [3.63, 3.8) is 0 Å². The lowest BCUT2D eigenvalue weighted by Crippen LogP contribution is -2.50. The Hall–Kier alpha value is -1.49. The maximum absolute atomic E-state index is 10.8. The van der Waals surface area contributed by atoms with E-state index in [2.05, 4.69) is 14.9 Å². The van der Waals surface area contributed by atoms with Crippen LogP contribution in [-0.4, -0.2) is 39.0 Å². The molecule has 2 heterocycles. The summed E-state index contributed by atoms with van der Waals surface area (Å²) in [5.74, 6) is 0.0971. The molecule has 1 fully saturated rings. The molecule has 0 bridgehead atoms. The van der Waals surface area contributed by atoms with Crippen molar-refractivity contribution in [2.24, 2.45) is 11.8 Å². The fourth-order valence-electron chi connectivity index (χ4n) is 2.08. The van der Waals surface area contributed by atoms with Gasteiger partial charge in [-0.15, -0.1) is 0 Å². The first-order valence-corrected chi connectivity index (χ1v) is 5.80. The topological polar surface area (TPSA) is 66.3 Å². The van der Waals surface area contributed by atoms with E-state index < -0.39 is 5.97 Å². The molecule has 5 heteroatoms. The fraction of sp³-hybridized carbons (Fsp3) is 0.583. The van der Waals surface area contributed by atoms with Crippen molar-refractivity contribution in [1.29, 1.82) is 0 Å². The monoisotopic (exact) mass is 235 g/mol. The van der Waals surface area contributed by atoms with Gasteiger partial charge in [0.2, 0.25) is 0 Å². The van der Waals surface area contributed by atoms with Gasteiger partial charge in [0.05, 0.1) is 11.6 Å². The van der Waals surface area contributed by atoms with Crippen LogP contribution in [0.4, 0.5) is 0 Å². The second-order valence-electron chi connectivity index (χ2n) is 4.68. The summed E-state index contributed by atoms with van der Waals surface area (Å²) < 4.78 is 0. The molecule has 0 amide bonds. The highest BCUT2D eigenvalue weighted by Crippen LogP contribution is 2.25. The molecule has 0 saturated carbocycles. The summed E-state index contributed by atoms with van der Waals surface area (Å²) in [5.41, 5.74) is 0.999. The number of hydrogen-bond donors (Lipinski definition) is 1. The molecule has 1 unspecified atom stereocenters. The largest absolute Gasteiger partial charge is 0.481 e. The van der Waals surface area contributed by atoms with Crippen molar-refractivity contribution < 1.29 is 9.90 Å². The number of likely N-dealkylation sites (tertiary alicyclic amines) is 1. The van der Waals surface area contributed by atoms with Crippen LogP contribution in [0.25, 0.3) is 0 Å². The minimum atomic E-state index is -0.701. The number of aliphatic carboxylic acids is 1. The van der Waals surface area contributed by atoms with Crippen LogP contribution in [0.5, 0.6) is 0 Å². The number of hydrogen-bond acceptors (Lipinski definition) is 4. The van der Waals surface area contributed by atoms with E-state index in [0.717, 1.165) is 31.2 Å². The second-order valence-corrected chi connectivity index (χ2v) is 4.68. The minimum absolute atomic E-state index is 0.251. The van der Waals surface area contributed by atoms with E-state index in [0.29, 0.717) is 0 Å². The lowest BCUT2D eigenvalue weighted by Gasteiger charge is -2.41. The van der Waals surface area contributed by atoms with Crippen LogP contribution < -0.4 is 0 Å². The van der Waals surface area contributed by atoms with Crippen molar-refractivity contribution in [3.8, 4) is 0 Å². The molecule has 0 aromatic carbocycles. The Morgan fingerprint density at radius 1 is 1.65 bits per heavy atom. The summed E-state index contributed by atoms with van der Waals surface area (Å²) in [7, 11) is 0. The average molecular weight is 235 g/mol. The molecule has 0 spiro atoms. The van der Waals surface area contributed by atoms with E-state index in [-0.39, 0.29) is 11.8 Å². The van der Waals surface area contributed by atoms with Crippen molar-refractivity contribution in [3.05, 3.63) is 23.8 Å². The molecule has 1 atom stereocenters. The number of aromatic nitrogens is 2.